The first kappa shape index (κ1) is 15.2. The van der Waals surface area contributed by atoms with Gasteiger partial charge in [0.05, 0.1) is 22.2 Å². The van der Waals surface area contributed by atoms with Gasteiger partial charge in [0.2, 0.25) is 0 Å². The monoisotopic (exact) mass is 372 g/mol. The van der Waals surface area contributed by atoms with Crippen LogP contribution in [-0.4, -0.2) is 40.9 Å². The van der Waals surface area contributed by atoms with Gasteiger partial charge < -0.3 is 14.6 Å². The van der Waals surface area contributed by atoms with Gasteiger partial charge in [-0.3, -0.25) is 0 Å². The lowest BCUT2D eigenvalue weighted by molar-refractivity contribution is -0.0960. The van der Waals surface area contributed by atoms with Crippen LogP contribution in [0.2, 0.25) is 0 Å². The van der Waals surface area contributed by atoms with E-state index in [0.717, 1.165) is 37.4 Å². The third-order valence-corrected chi connectivity index (χ3v) is 5.83. The second kappa shape index (κ2) is 6.18. The number of rotatable bonds is 3. The molecule has 0 aromatic heterocycles. The van der Waals surface area contributed by atoms with Crippen LogP contribution < -0.4 is 4.74 Å². The standard InChI is InChI=1S/C15H17BrO4S/c16-12-7-10(14(17)18)1-2-13(12)20-11-3-5-19-15(8-11)4-6-21-9-15/h1-2,7,11H,3-6,8-9H2,(H,17,18). The fraction of sp³-hybridized carbons (Fsp3) is 0.533. The van der Waals surface area contributed by atoms with Gasteiger partial charge in [-0.15, -0.1) is 0 Å². The summed E-state index contributed by atoms with van der Waals surface area (Å²) in [6, 6.07) is 4.88. The second-order valence-electron chi connectivity index (χ2n) is 5.52. The molecule has 2 unspecified atom stereocenters. The van der Waals surface area contributed by atoms with Crippen molar-refractivity contribution in [2.75, 3.05) is 18.1 Å². The average Bonchev–Trinajstić information content (AvgIpc) is 2.89. The van der Waals surface area contributed by atoms with Crippen molar-refractivity contribution >= 4 is 33.7 Å². The lowest BCUT2D eigenvalue weighted by atomic mass is 9.91. The average molecular weight is 373 g/mol. The van der Waals surface area contributed by atoms with E-state index >= 15 is 0 Å². The molecule has 2 saturated heterocycles. The summed E-state index contributed by atoms with van der Waals surface area (Å²) in [5, 5.41) is 8.98. The number of carbonyl (C=O) groups is 1. The summed E-state index contributed by atoms with van der Waals surface area (Å²) in [6.45, 7) is 0.732. The van der Waals surface area contributed by atoms with Crippen molar-refractivity contribution in [2.24, 2.45) is 0 Å². The normalized spacial score (nSPS) is 28.7. The zero-order valence-electron chi connectivity index (χ0n) is 11.5. The Hall–Kier alpha value is -0.720. The largest absolute Gasteiger partial charge is 0.489 e. The third-order valence-electron chi connectivity index (χ3n) is 3.99. The molecule has 0 bridgehead atoms. The van der Waals surface area contributed by atoms with Crippen LogP contribution in [0.5, 0.6) is 5.75 Å². The Labute approximate surface area is 136 Å². The quantitative estimate of drug-likeness (QED) is 0.878. The van der Waals surface area contributed by atoms with Gasteiger partial charge >= 0.3 is 5.97 Å². The fourth-order valence-corrected chi connectivity index (χ4v) is 4.71. The van der Waals surface area contributed by atoms with E-state index in [1.165, 1.54) is 0 Å². The Kier molecular flexibility index (Phi) is 4.47. The van der Waals surface area contributed by atoms with E-state index in [-0.39, 0.29) is 17.3 Å². The molecule has 1 N–H and O–H groups in total. The predicted octanol–water partition coefficient (Wildman–Crippen LogP) is 3.58. The van der Waals surface area contributed by atoms with Crippen LogP contribution in [0.25, 0.3) is 0 Å². The number of carboxylic acid groups (broad SMARTS) is 1. The van der Waals surface area contributed by atoms with E-state index in [1.807, 2.05) is 11.8 Å². The van der Waals surface area contributed by atoms with Gasteiger partial charge in [0, 0.05) is 18.6 Å². The van der Waals surface area contributed by atoms with E-state index in [4.69, 9.17) is 14.6 Å². The second-order valence-corrected chi connectivity index (χ2v) is 7.48. The predicted molar refractivity (Wildman–Crippen MR) is 85.4 cm³/mol. The SMILES string of the molecule is O=C(O)c1ccc(OC2CCOC3(CCSC3)C2)c(Br)c1. The highest BCUT2D eigenvalue weighted by atomic mass is 79.9. The van der Waals surface area contributed by atoms with Crippen LogP contribution in [-0.2, 0) is 4.74 Å². The molecule has 4 nitrogen and oxygen atoms in total. The van der Waals surface area contributed by atoms with Gasteiger partial charge in [-0.05, 0) is 46.3 Å². The molecule has 0 amide bonds. The summed E-state index contributed by atoms with van der Waals surface area (Å²) >= 11 is 5.33. The zero-order valence-corrected chi connectivity index (χ0v) is 13.9. The molecule has 0 saturated carbocycles. The summed E-state index contributed by atoms with van der Waals surface area (Å²) in [4.78, 5) is 10.9. The molecule has 114 valence electrons. The Morgan fingerprint density at radius 2 is 2.38 bits per heavy atom. The lowest BCUT2D eigenvalue weighted by Gasteiger charge is -2.37. The summed E-state index contributed by atoms with van der Waals surface area (Å²) in [5.74, 6) is 1.97. The number of thioether (sulfide) groups is 1. The van der Waals surface area contributed by atoms with E-state index in [1.54, 1.807) is 18.2 Å². The number of hydrogen-bond donors (Lipinski definition) is 1. The minimum atomic E-state index is -0.935. The number of carboxylic acids is 1. The molecule has 2 aliphatic rings. The first-order valence-electron chi connectivity index (χ1n) is 6.99. The van der Waals surface area contributed by atoms with Crippen LogP contribution in [0, 0.1) is 0 Å². The molecular formula is C15H17BrO4S. The highest BCUT2D eigenvalue weighted by Gasteiger charge is 2.41. The molecule has 3 rings (SSSR count). The molecule has 21 heavy (non-hydrogen) atoms. The van der Waals surface area contributed by atoms with Gasteiger partial charge in [0.25, 0.3) is 0 Å². The van der Waals surface area contributed by atoms with Gasteiger partial charge in [-0.1, -0.05) is 0 Å². The first-order chi connectivity index (χ1) is 10.1. The van der Waals surface area contributed by atoms with E-state index < -0.39 is 5.97 Å². The van der Waals surface area contributed by atoms with Crippen LogP contribution >= 0.6 is 27.7 Å². The molecule has 1 aromatic carbocycles. The maximum absolute atomic E-state index is 10.9. The van der Waals surface area contributed by atoms with E-state index in [2.05, 4.69) is 15.9 Å². The number of halogens is 1. The number of ether oxygens (including phenoxy) is 2. The number of aromatic carboxylic acids is 1. The topological polar surface area (TPSA) is 55.8 Å². The molecule has 1 aromatic rings. The Morgan fingerprint density at radius 3 is 3.05 bits per heavy atom. The molecule has 6 heteroatoms. The molecular weight excluding hydrogens is 356 g/mol. The molecule has 2 heterocycles. The third kappa shape index (κ3) is 3.38. The minimum Gasteiger partial charge on any atom is -0.489 e. The van der Waals surface area contributed by atoms with Gasteiger partial charge in [0.15, 0.2) is 0 Å². The fourth-order valence-electron chi connectivity index (χ4n) is 2.86. The molecule has 1 spiro atoms. The number of benzene rings is 1. The van der Waals surface area contributed by atoms with Crippen molar-refractivity contribution in [3.63, 3.8) is 0 Å². The lowest BCUT2D eigenvalue weighted by Crippen LogP contribution is -2.43. The Bertz CT molecular complexity index is 542. The highest BCUT2D eigenvalue weighted by Crippen LogP contribution is 2.40. The summed E-state index contributed by atoms with van der Waals surface area (Å²) in [5.41, 5.74) is 0.242. The summed E-state index contributed by atoms with van der Waals surface area (Å²) < 4.78 is 12.7. The van der Waals surface area contributed by atoms with E-state index in [9.17, 15) is 4.79 Å². The van der Waals surface area contributed by atoms with Gasteiger partial charge in [-0.2, -0.15) is 11.8 Å². The maximum Gasteiger partial charge on any atom is 0.335 e. The maximum atomic E-state index is 10.9. The van der Waals surface area contributed by atoms with Crippen LogP contribution in [0.15, 0.2) is 22.7 Å². The van der Waals surface area contributed by atoms with Crippen LogP contribution in [0.4, 0.5) is 0 Å². The van der Waals surface area contributed by atoms with Crippen molar-refractivity contribution in [3.8, 4) is 5.75 Å². The molecule has 0 aliphatic carbocycles. The molecule has 2 aliphatic heterocycles. The first-order valence-corrected chi connectivity index (χ1v) is 8.94. The highest BCUT2D eigenvalue weighted by molar-refractivity contribution is 9.10. The van der Waals surface area contributed by atoms with Crippen molar-refractivity contribution in [3.05, 3.63) is 28.2 Å². The van der Waals surface area contributed by atoms with Crippen molar-refractivity contribution in [1.29, 1.82) is 0 Å². The van der Waals surface area contributed by atoms with Crippen LogP contribution in [0.3, 0.4) is 0 Å². The van der Waals surface area contributed by atoms with Crippen molar-refractivity contribution < 1.29 is 19.4 Å². The Balaban J connectivity index is 1.70. The summed E-state index contributed by atoms with van der Waals surface area (Å²) in [6.07, 6.45) is 3.01. The molecule has 0 radical (unpaired) electrons. The van der Waals surface area contributed by atoms with Gasteiger partial charge in [-0.25, -0.2) is 4.79 Å². The van der Waals surface area contributed by atoms with Gasteiger partial charge in [0.1, 0.15) is 11.9 Å². The minimum absolute atomic E-state index is 0.0128. The van der Waals surface area contributed by atoms with Crippen molar-refractivity contribution in [2.45, 2.75) is 31.0 Å². The summed E-state index contributed by atoms with van der Waals surface area (Å²) in [7, 11) is 0. The molecule has 2 fully saturated rings. The number of hydrogen-bond acceptors (Lipinski definition) is 4. The smallest absolute Gasteiger partial charge is 0.335 e. The van der Waals surface area contributed by atoms with Crippen molar-refractivity contribution in [1.82, 2.24) is 0 Å². The van der Waals surface area contributed by atoms with E-state index in [0.29, 0.717) is 10.2 Å². The van der Waals surface area contributed by atoms with Crippen LogP contribution in [0.1, 0.15) is 29.6 Å². The Morgan fingerprint density at radius 1 is 1.52 bits per heavy atom. The zero-order chi connectivity index (χ0) is 14.9. The molecule has 2 atom stereocenters.